The molecule has 118 valence electrons. The molecule has 0 aliphatic heterocycles. The third kappa shape index (κ3) is 5.80. The summed E-state index contributed by atoms with van der Waals surface area (Å²) in [6.07, 6.45) is 2.73. The molecule has 0 bridgehead atoms. The molecule has 0 fully saturated rings. The summed E-state index contributed by atoms with van der Waals surface area (Å²) < 4.78 is 1.71. The van der Waals surface area contributed by atoms with Gasteiger partial charge in [-0.05, 0) is 18.8 Å². The Hall–Kier alpha value is -2.12. The second kappa shape index (κ2) is 8.23. The van der Waals surface area contributed by atoms with Crippen molar-refractivity contribution in [2.45, 2.75) is 52.7 Å². The quantitative estimate of drug-likeness (QED) is 0.663. The van der Waals surface area contributed by atoms with Gasteiger partial charge in [0.25, 0.3) is 0 Å². The van der Waals surface area contributed by atoms with Gasteiger partial charge in [0.2, 0.25) is 0 Å². The smallest absolute Gasteiger partial charge is 0.326 e. The molecule has 2 amide bonds. The summed E-state index contributed by atoms with van der Waals surface area (Å²) in [5.41, 5.74) is 0. The summed E-state index contributed by atoms with van der Waals surface area (Å²) in [5, 5.41) is 18.2. The van der Waals surface area contributed by atoms with Gasteiger partial charge in [-0.25, -0.2) is 19.3 Å². The molecule has 21 heavy (non-hydrogen) atoms. The van der Waals surface area contributed by atoms with Crippen LogP contribution in [0.5, 0.6) is 0 Å². The van der Waals surface area contributed by atoms with Gasteiger partial charge in [0.15, 0.2) is 0 Å². The lowest BCUT2D eigenvalue weighted by Crippen LogP contribution is -2.46. The van der Waals surface area contributed by atoms with Crippen LogP contribution < -0.4 is 10.6 Å². The van der Waals surface area contributed by atoms with E-state index in [1.165, 1.54) is 6.33 Å². The van der Waals surface area contributed by atoms with Gasteiger partial charge in [-0.1, -0.05) is 20.8 Å². The molecule has 1 aromatic heterocycles. The second-order valence-electron chi connectivity index (χ2n) is 5.25. The van der Waals surface area contributed by atoms with Gasteiger partial charge in [0, 0.05) is 6.54 Å². The first-order valence-corrected chi connectivity index (χ1v) is 7.07. The van der Waals surface area contributed by atoms with Gasteiger partial charge >= 0.3 is 12.0 Å². The minimum absolute atomic E-state index is 0.180. The van der Waals surface area contributed by atoms with Crippen LogP contribution in [-0.4, -0.2) is 37.9 Å². The van der Waals surface area contributed by atoms with Crippen LogP contribution in [0.3, 0.4) is 0 Å². The zero-order valence-corrected chi connectivity index (χ0v) is 12.7. The number of nitrogens with one attached hydrogen (secondary N) is 2. The SMILES string of the molecule is CCCn1ncnc1CNC(=O)NC(CC(C)C)C(=O)O. The lowest BCUT2D eigenvalue weighted by molar-refractivity contribution is -0.139. The van der Waals surface area contributed by atoms with Crippen LogP contribution in [-0.2, 0) is 17.9 Å². The van der Waals surface area contributed by atoms with E-state index in [0.29, 0.717) is 12.2 Å². The Morgan fingerprint density at radius 1 is 1.43 bits per heavy atom. The standard InChI is InChI=1S/C13H23N5O3/c1-4-5-18-11(15-8-16-18)7-14-13(21)17-10(12(19)20)6-9(2)3/h8-10H,4-7H2,1-3H3,(H,19,20)(H2,14,17,21). The van der Waals surface area contributed by atoms with Crippen LogP contribution in [0.2, 0.25) is 0 Å². The van der Waals surface area contributed by atoms with Gasteiger partial charge in [-0.15, -0.1) is 0 Å². The molecule has 0 aliphatic rings. The third-order valence-electron chi connectivity index (χ3n) is 2.85. The number of hydrogen-bond acceptors (Lipinski definition) is 4. The molecule has 0 spiro atoms. The van der Waals surface area contributed by atoms with Crippen molar-refractivity contribution in [2.75, 3.05) is 0 Å². The number of aliphatic carboxylic acids is 1. The second-order valence-corrected chi connectivity index (χ2v) is 5.25. The van der Waals surface area contributed by atoms with Gasteiger partial charge in [-0.3, -0.25) is 0 Å². The Morgan fingerprint density at radius 3 is 2.71 bits per heavy atom. The van der Waals surface area contributed by atoms with E-state index in [-0.39, 0.29) is 12.5 Å². The van der Waals surface area contributed by atoms with E-state index in [0.717, 1.165) is 13.0 Å². The number of amides is 2. The fourth-order valence-corrected chi connectivity index (χ4v) is 1.89. The monoisotopic (exact) mass is 297 g/mol. The van der Waals surface area contributed by atoms with Crippen LogP contribution in [0, 0.1) is 5.92 Å². The van der Waals surface area contributed by atoms with E-state index in [1.807, 2.05) is 20.8 Å². The predicted molar refractivity (Wildman–Crippen MR) is 76.6 cm³/mol. The number of aryl methyl sites for hydroxylation is 1. The van der Waals surface area contributed by atoms with Crippen LogP contribution in [0.25, 0.3) is 0 Å². The molecular formula is C13H23N5O3. The first kappa shape index (κ1) is 16.9. The summed E-state index contributed by atoms with van der Waals surface area (Å²) in [5.74, 6) is -0.213. The van der Waals surface area contributed by atoms with Crippen LogP contribution in [0.4, 0.5) is 4.79 Å². The van der Waals surface area contributed by atoms with Gasteiger partial charge in [-0.2, -0.15) is 5.10 Å². The maximum atomic E-state index is 11.8. The molecule has 1 heterocycles. The first-order chi connectivity index (χ1) is 9.93. The number of hydrogen-bond donors (Lipinski definition) is 3. The molecule has 3 N–H and O–H groups in total. The highest BCUT2D eigenvalue weighted by Crippen LogP contribution is 2.04. The molecular weight excluding hydrogens is 274 g/mol. The van der Waals surface area contributed by atoms with Crippen molar-refractivity contribution < 1.29 is 14.7 Å². The zero-order valence-electron chi connectivity index (χ0n) is 12.7. The number of carbonyl (C=O) groups excluding carboxylic acids is 1. The van der Waals surface area contributed by atoms with Crippen LogP contribution in [0.15, 0.2) is 6.33 Å². The van der Waals surface area contributed by atoms with Crippen molar-refractivity contribution in [1.82, 2.24) is 25.4 Å². The van der Waals surface area contributed by atoms with Crippen molar-refractivity contribution in [2.24, 2.45) is 5.92 Å². The summed E-state index contributed by atoms with van der Waals surface area (Å²) in [7, 11) is 0. The Morgan fingerprint density at radius 2 is 2.14 bits per heavy atom. The number of carboxylic acid groups (broad SMARTS) is 1. The van der Waals surface area contributed by atoms with Crippen molar-refractivity contribution in [3.63, 3.8) is 0 Å². The summed E-state index contributed by atoms with van der Waals surface area (Å²) in [6, 6.07) is -1.41. The van der Waals surface area contributed by atoms with E-state index in [1.54, 1.807) is 4.68 Å². The highest BCUT2D eigenvalue weighted by Gasteiger charge is 2.21. The number of carboxylic acids is 1. The Kier molecular flexibility index (Phi) is 6.64. The molecule has 1 unspecified atom stereocenters. The van der Waals surface area contributed by atoms with Crippen molar-refractivity contribution >= 4 is 12.0 Å². The first-order valence-electron chi connectivity index (χ1n) is 7.07. The number of nitrogens with zero attached hydrogens (tertiary/aromatic N) is 3. The fraction of sp³-hybridized carbons (Fsp3) is 0.692. The van der Waals surface area contributed by atoms with Crippen molar-refractivity contribution in [3.05, 3.63) is 12.2 Å². The Labute approximate surface area is 123 Å². The van der Waals surface area contributed by atoms with Crippen LogP contribution in [0.1, 0.15) is 39.4 Å². The molecule has 1 atom stereocenters. The van der Waals surface area contributed by atoms with Crippen molar-refractivity contribution in [3.8, 4) is 0 Å². The largest absolute Gasteiger partial charge is 0.480 e. The predicted octanol–water partition coefficient (Wildman–Crippen LogP) is 0.987. The third-order valence-corrected chi connectivity index (χ3v) is 2.85. The lowest BCUT2D eigenvalue weighted by Gasteiger charge is -2.16. The topological polar surface area (TPSA) is 109 Å². The molecule has 0 radical (unpaired) electrons. The van der Waals surface area contributed by atoms with Crippen LogP contribution >= 0.6 is 0 Å². The summed E-state index contributed by atoms with van der Waals surface area (Å²) in [6.45, 7) is 6.77. The number of rotatable bonds is 8. The molecule has 0 aromatic carbocycles. The van der Waals surface area contributed by atoms with Gasteiger partial charge in [0.1, 0.15) is 18.2 Å². The molecule has 8 heteroatoms. The molecule has 0 aliphatic carbocycles. The summed E-state index contributed by atoms with van der Waals surface area (Å²) >= 11 is 0. The number of carbonyl (C=O) groups is 2. The highest BCUT2D eigenvalue weighted by atomic mass is 16.4. The molecule has 0 saturated heterocycles. The minimum atomic E-state index is -1.03. The Bertz CT molecular complexity index is 472. The highest BCUT2D eigenvalue weighted by molar-refractivity contribution is 5.82. The molecule has 8 nitrogen and oxygen atoms in total. The average Bonchev–Trinajstić information content (AvgIpc) is 2.83. The van der Waals surface area contributed by atoms with Gasteiger partial charge in [0.05, 0.1) is 6.54 Å². The van der Waals surface area contributed by atoms with E-state index >= 15 is 0 Å². The lowest BCUT2D eigenvalue weighted by atomic mass is 10.0. The minimum Gasteiger partial charge on any atom is -0.480 e. The molecule has 1 aromatic rings. The molecule has 1 rings (SSSR count). The van der Waals surface area contributed by atoms with E-state index in [9.17, 15) is 9.59 Å². The zero-order chi connectivity index (χ0) is 15.8. The number of urea groups is 1. The van der Waals surface area contributed by atoms with Gasteiger partial charge < -0.3 is 15.7 Å². The fourth-order valence-electron chi connectivity index (χ4n) is 1.89. The average molecular weight is 297 g/mol. The van der Waals surface area contributed by atoms with E-state index in [2.05, 4.69) is 20.7 Å². The van der Waals surface area contributed by atoms with Crippen molar-refractivity contribution in [1.29, 1.82) is 0 Å². The summed E-state index contributed by atoms with van der Waals surface area (Å²) in [4.78, 5) is 26.9. The Balaban J connectivity index is 2.49. The molecule has 0 saturated carbocycles. The van der Waals surface area contributed by atoms with E-state index < -0.39 is 18.0 Å². The maximum absolute atomic E-state index is 11.8. The maximum Gasteiger partial charge on any atom is 0.326 e. The van der Waals surface area contributed by atoms with E-state index in [4.69, 9.17) is 5.11 Å². The normalized spacial score (nSPS) is 12.2. The number of aromatic nitrogens is 3.